The van der Waals surface area contributed by atoms with Gasteiger partial charge >= 0.3 is 0 Å². The number of carbonyl (C=O) groups is 2. The lowest BCUT2D eigenvalue weighted by atomic mass is 9.77. The molecule has 4 N–H and O–H groups in total. The summed E-state index contributed by atoms with van der Waals surface area (Å²) < 4.78 is 0. The van der Waals surface area contributed by atoms with Gasteiger partial charge in [0.1, 0.15) is 0 Å². The first-order chi connectivity index (χ1) is 13.5. The fourth-order valence-electron chi connectivity index (χ4n) is 6.08. The van der Waals surface area contributed by atoms with Gasteiger partial charge in [0.2, 0.25) is 11.8 Å². The van der Waals surface area contributed by atoms with E-state index in [1.165, 1.54) is 9.80 Å². The first-order valence-corrected chi connectivity index (χ1v) is 11.7. The molecule has 0 radical (unpaired) electrons. The normalized spacial score (nSPS) is 34.1. The Kier molecular flexibility index (Phi) is 7.05. The average Bonchev–Trinajstić information content (AvgIpc) is 2.54. The largest absolute Gasteiger partial charge is 0.353 e. The molecule has 2 saturated heterocycles. The van der Waals surface area contributed by atoms with Crippen molar-refractivity contribution in [3.05, 3.63) is 0 Å². The minimum absolute atomic E-state index is 0.00483. The fraction of sp³-hybridized carbons (Fsp3) is 0.917. The van der Waals surface area contributed by atoms with Crippen LogP contribution in [0.5, 0.6) is 0 Å². The van der Waals surface area contributed by atoms with Crippen molar-refractivity contribution in [2.75, 3.05) is 14.1 Å². The van der Waals surface area contributed by atoms with Crippen LogP contribution in [0.1, 0.15) is 93.9 Å². The summed E-state index contributed by atoms with van der Waals surface area (Å²) in [5.74, 6) is -0.00966. The number of amides is 2. The average molecular weight is 425 g/mol. The van der Waals surface area contributed by atoms with Gasteiger partial charge in [0, 0.05) is 50.6 Å². The van der Waals surface area contributed by atoms with Crippen molar-refractivity contribution in [1.82, 2.24) is 10.6 Å². The number of hydrogen-bond acceptors (Lipinski definition) is 2. The Morgan fingerprint density at radius 2 is 0.867 bits per heavy atom. The van der Waals surface area contributed by atoms with E-state index in [-0.39, 0.29) is 58.9 Å². The van der Waals surface area contributed by atoms with Crippen LogP contribution >= 0.6 is 0 Å². The molecule has 0 aromatic carbocycles. The van der Waals surface area contributed by atoms with E-state index in [1.54, 1.807) is 0 Å². The van der Waals surface area contributed by atoms with Crippen LogP contribution in [0.2, 0.25) is 0 Å². The Hall–Kier alpha value is -1.14. The number of likely N-dealkylation sites (tertiary alicyclic amines) is 2. The van der Waals surface area contributed by atoms with Crippen LogP contribution in [0.15, 0.2) is 0 Å². The molecule has 2 amide bonds. The zero-order chi connectivity index (χ0) is 23.1. The molecule has 0 bridgehead atoms. The molecule has 0 saturated carbocycles. The van der Waals surface area contributed by atoms with Crippen LogP contribution in [-0.2, 0) is 9.59 Å². The van der Waals surface area contributed by atoms with E-state index in [2.05, 4.69) is 80.1 Å². The number of hydrogen-bond donors (Lipinski definition) is 4. The third-order valence-corrected chi connectivity index (χ3v) is 8.40. The zero-order valence-electron chi connectivity index (χ0n) is 21.2. The van der Waals surface area contributed by atoms with Gasteiger partial charge in [-0.05, 0) is 55.4 Å². The topological polar surface area (TPSA) is 67.1 Å². The maximum Gasteiger partial charge on any atom is 0.220 e. The maximum atomic E-state index is 12.6. The van der Waals surface area contributed by atoms with Crippen LogP contribution < -0.4 is 20.4 Å². The van der Waals surface area contributed by atoms with E-state index >= 15 is 0 Å². The first kappa shape index (κ1) is 25.1. The van der Waals surface area contributed by atoms with E-state index < -0.39 is 0 Å². The van der Waals surface area contributed by atoms with E-state index in [0.717, 1.165) is 25.7 Å². The second-order valence-corrected chi connectivity index (χ2v) is 12.6. The van der Waals surface area contributed by atoms with Gasteiger partial charge in [-0.15, -0.1) is 0 Å². The summed E-state index contributed by atoms with van der Waals surface area (Å²) in [6, 6.07) is 0.348. The summed E-state index contributed by atoms with van der Waals surface area (Å²) in [5, 5.41) is 6.41. The van der Waals surface area contributed by atoms with Gasteiger partial charge in [0.05, 0.1) is 36.3 Å². The Bertz CT molecular complexity index is 562. The Morgan fingerprint density at radius 3 is 1.10 bits per heavy atom. The molecule has 2 aliphatic heterocycles. The molecular formula is C24H48N4O2+2. The molecule has 0 atom stereocenters. The fourth-order valence-corrected chi connectivity index (χ4v) is 6.08. The molecule has 2 heterocycles. The summed E-state index contributed by atoms with van der Waals surface area (Å²) in [7, 11) is 4.49. The third-order valence-electron chi connectivity index (χ3n) is 8.40. The lowest BCUT2D eigenvalue weighted by Crippen LogP contribution is -3.24. The first-order valence-electron chi connectivity index (χ1n) is 11.7. The van der Waals surface area contributed by atoms with Crippen molar-refractivity contribution < 1.29 is 19.4 Å². The molecule has 174 valence electrons. The highest BCUT2D eigenvalue weighted by Crippen LogP contribution is 2.24. The molecular weight excluding hydrogens is 376 g/mol. The van der Waals surface area contributed by atoms with Crippen LogP contribution in [0.25, 0.3) is 0 Å². The van der Waals surface area contributed by atoms with Crippen LogP contribution in [0.4, 0.5) is 0 Å². The highest BCUT2D eigenvalue weighted by atomic mass is 16.2. The van der Waals surface area contributed by atoms with E-state index in [0.29, 0.717) is 0 Å². The van der Waals surface area contributed by atoms with E-state index in [4.69, 9.17) is 0 Å². The Morgan fingerprint density at radius 1 is 0.633 bits per heavy atom. The molecule has 6 heteroatoms. The Balaban J connectivity index is 1.83. The summed E-state index contributed by atoms with van der Waals surface area (Å²) in [6.07, 6.45) is 4.36. The predicted molar refractivity (Wildman–Crippen MR) is 122 cm³/mol. The number of rotatable bonds is 5. The minimum Gasteiger partial charge on any atom is -0.353 e. The van der Waals surface area contributed by atoms with Crippen molar-refractivity contribution in [1.29, 1.82) is 0 Å². The number of piperidine rings is 2. The molecule has 0 aliphatic carbocycles. The zero-order valence-corrected chi connectivity index (χ0v) is 21.2. The second kappa shape index (κ2) is 8.42. The third kappa shape index (κ3) is 5.76. The molecule has 6 nitrogen and oxygen atoms in total. The minimum atomic E-state index is -0.00483. The standard InChI is InChI=1S/C24H46N4O2/c1-21(2)13-17(14-22(3,4)27(21)9)25-19(29)11-12-20(30)26-18-15-23(5,6)28(10)24(7,8)16-18/h17-18H,11-16H2,1-10H3,(H,25,29)(H,26,30)/p+2. The van der Waals surface area contributed by atoms with Gasteiger partial charge in [-0.25, -0.2) is 0 Å². The van der Waals surface area contributed by atoms with Crippen LogP contribution in [0, 0.1) is 0 Å². The van der Waals surface area contributed by atoms with Gasteiger partial charge in [-0.3, -0.25) is 9.59 Å². The molecule has 0 aromatic heterocycles. The molecule has 30 heavy (non-hydrogen) atoms. The lowest BCUT2D eigenvalue weighted by Gasteiger charge is -2.50. The SMILES string of the molecule is C[NH+]1C(C)(C)CC(NC(=O)CCC(=O)NC2CC(C)(C)[NH+](C)C(C)(C)C2)CC1(C)C. The number of nitrogens with one attached hydrogen (secondary N) is 4. The van der Waals surface area contributed by atoms with E-state index in [9.17, 15) is 9.59 Å². The van der Waals surface area contributed by atoms with Crippen molar-refractivity contribution in [2.24, 2.45) is 0 Å². The smallest absolute Gasteiger partial charge is 0.220 e. The highest BCUT2D eigenvalue weighted by molar-refractivity contribution is 5.84. The summed E-state index contributed by atoms with van der Waals surface area (Å²) in [5.41, 5.74) is 0.471. The lowest BCUT2D eigenvalue weighted by molar-refractivity contribution is -0.982. The van der Waals surface area contributed by atoms with Crippen molar-refractivity contribution >= 4 is 11.8 Å². The maximum absolute atomic E-state index is 12.6. The Labute approximate surface area is 184 Å². The van der Waals surface area contributed by atoms with Gasteiger partial charge in [-0.1, -0.05) is 0 Å². The van der Waals surface area contributed by atoms with Crippen molar-refractivity contribution in [3.63, 3.8) is 0 Å². The van der Waals surface area contributed by atoms with Gasteiger partial charge in [-0.2, -0.15) is 0 Å². The molecule has 2 fully saturated rings. The molecule has 0 aromatic rings. The second-order valence-electron chi connectivity index (χ2n) is 12.6. The van der Waals surface area contributed by atoms with E-state index in [1.807, 2.05) is 0 Å². The summed E-state index contributed by atoms with van der Waals surface area (Å²) >= 11 is 0. The number of carbonyl (C=O) groups excluding carboxylic acids is 2. The molecule has 2 rings (SSSR count). The summed E-state index contributed by atoms with van der Waals surface area (Å²) in [4.78, 5) is 28.1. The van der Waals surface area contributed by atoms with Crippen LogP contribution in [0.3, 0.4) is 0 Å². The highest BCUT2D eigenvalue weighted by Gasteiger charge is 2.48. The van der Waals surface area contributed by atoms with Gasteiger partial charge in [0.15, 0.2) is 0 Å². The quantitative estimate of drug-likeness (QED) is 0.518. The van der Waals surface area contributed by atoms with Gasteiger partial charge < -0.3 is 20.4 Å². The van der Waals surface area contributed by atoms with Crippen molar-refractivity contribution in [3.8, 4) is 0 Å². The molecule has 0 unspecified atom stereocenters. The number of quaternary nitrogens is 2. The van der Waals surface area contributed by atoms with Crippen molar-refractivity contribution in [2.45, 2.75) is 128 Å². The molecule has 2 aliphatic rings. The van der Waals surface area contributed by atoms with Gasteiger partial charge in [0.25, 0.3) is 0 Å². The van der Waals surface area contributed by atoms with Crippen LogP contribution in [-0.4, -0.2) is 60.1 Å². The molecule has 0 spiro atoms. The monoisotopic (exact) mass is 424 g/mol. The predicted octanol–water partition coefficient (Wildman–Crippen LogP) is 0.468. The summed E-state index contributed by atoms with van der Waals surface area (Å²) in [6.45, 7) is 18.1.